The van der Waals surface area contributed by atoms with Crippen LogP contribution in [0.5, 0.6) is 0 Å². The predicted octanol–water partition coefficient (Wildman–Crippen LogP) is 1.45. The van der Waals surface area contributed by atoms with Gasteiger partial charge in [-0.25, -0.2) is 4.98 Å². The molecule has 3 N–H and O–H groups in total. The molecule has 0 radical (unpaired) electrons. The maximum atomic E-state index is 8.69. The van der Waals surface area contributed by atoms with Crippen molar-refractivity contribution in [3.8, 4) is 17.3 Å². The Bertz CT molecular complexity index is 505. The molecule has 0 fully saturated rings. The second-order valence-electron chi connectivity index (χ2n) is 3.47. The van der Waals surface area contributed by atoms with Gasteiger partial charge in [0.25, 0.3) is 0 Å². The first-order valence-electron chi connectivity index (χ1n) is 5.08. The van der Waals surface area contributed by atoms with Crippen LogP contribution in [0, 0.1) is 11.3 Å². The highest BCUT2D eigenvalue weighted by Gasteiger charge is 2.02. The smallest absolute Gasteiger partial charge is 0.107 e. The molecule has 0 aliphatic rings. The first-order valence-corrected chi connectivity index (χ1v) is 5.08. The molecule has 0 atom stereocenters. The minimum absolute atomic E-state index is 0.584. The number of benzene rings is 1. The first kappa shape index (κ1) is 10.4. The Morgan fingerprint density at radius 3 is 2.69 bits per heavy atom. The number of nitriles is 1. The van der Waals surface area contributed by atoms with Gasteiger partial charge in [0.2, 0.25) is 0 Å². The molecule has 1 aromatic carbocycles. The standard InChI is InChI=1S/C12H12N4/c13-6-5-12-15-8-11(16-12)10-3-1-9(7-14)2-4-10/h1-4,8H,5-6,13H2,(H,15,16). The maximum Gasteiger partial charge on any atom is 0.107 e. The topological polar surface area (TPSA) is 78.5 Å². The number of aromatic amines is 1. The molecule has 0 amide bonds. The van der Waals surface area contributed by atoms with Gasteiger partial charge in [-0.3, -0.25) is 0 Å². The van der Waals surface area contributed by atoms with Crippen molar-refractivity contribution in [2.24, 2.45) is 5.73 Å². The number of rotatable bonds is 3. The van der Waals surface area contributed by atoms with Gasteiger partial charge in [-0.05, 0) is 24.2 Å². The fourth-order valence-electron chi connectivity index (χ4n) is 1.50. The first-order chi connectivity index (χ1) is 7.83. The molecule has 4 nitrogen and oxygen atoms in total. The zero-order chi connectivity index (χ0) is 11.4. The molecule has 0 aliphatic carbocycles. The van der Waals surface area contributed by atoms with Crippen molar-refractivity contribution in [2.45, 2.75) is 6.42 Å². The molecule has 1 heterocycles. The van der Waals surface area contributed by atoms with Gasteiger partial charge in [0.15, 0.2) is 0 Å². The highest BCUT2D eigenvalue weighted by atomic mass is 14.9. The Labute approximate surface area is 93.7 Å². The number of nitrogens with one attached hydrogen (secondary N) is 1. The summed E-state index contributed by atoms with van der Waals surface area (Å²) < 4.78 is 0. The van der Waals surface area contributed by atoms with Crippen LogP contribution in [0.4, 0.5) is 0 Å². The summed E-state index contributed by atoms with van der Waals surface area (Å²) in [5.74, 6) is 0.891. The van der Waals surface area contributed by atoms with E-state index < -0.39 is 0 Å². The van der Waals surface area contributed by atoms with E-state index in [4.69, 9.17) is 11.0 Å². The molecule has 16 heavy (non-hydrogen) atoms. The van der Waals surface area contributed by atoms with Crippen LogP contribution in [0.3, 0.4) is 0 Å². The average molecular weight is 212 g/mol. The molecule has 0 spiro atoms. The number of aromatic nitrogens is 2. The van der Waals surface area contributed by atoms with Crippen molar-refractivity contribution in [1.82, 2.24) is 9.97 Å². The third kappa shape index (κ3) is 2.10. The van der Waals surface area contributed by atoms with E-state index in [-0.39, 0.29) is 0 Å². The third-order valence-electron chi connectivity index (χ3n) is 2.33. The summed E-state index contributed by atoms with van der Waals surface area (Å²) in [7, 11) is 0. The number of nitrogens with zero attached hydrogens (tertiary/aromatic N) is 2. The molecule has 0 saturated heterocycles. The Morgan fingerprint density at radius 2 is 2.06 bits per heavy atom. The summed E-state index contributed by atoms with van der Waals surface area (Å²) in [6, 6.07) is 9.47. The summed E-state index contributed by atoms with van der Waals surface area (Å²) >= 11 is 0. The number of hydrogen-bond donors (Lipinski definition) is 2. The minimum atomic E-state index is 0.584. The summed E-state index contributed by atoms with van der Waals surface area (Å²) in [4.78, 5) is 7.42. The fourth-order valence-corrected chi connectivity index (χ4v) is 1.50. The van der Waals surface area contributed by atoms with Gasteiger partial charge in [0.1, 0.15) is 5.82 Å². The molecule has 2 aromatic rings. The van der Waals surface area contributed by atoms with Crippen molar-refractivity contribution in [3.05, 3.63) is 41.9 Å². The Hall–Kier alpha value is -2.12. The second kappa shape index (κ2) is 4.60. The number of H-pyrrole nitrogens is 1. The number of nitrogens with two attached hydrogens (primary N) is 1. The van der Waals surface area contributed by atoms with Gasteiger partial charge in [-0.2, -0.15) is 5.26 Å². The highest BCUT2D eigenvalue weighted by molar-refractivity contribution is 5.59. The average Bonchev–Trinajstić information content (AvgIpc) is 2.78. The Balaban J connectivity index is 2.25. The monoisotopic (exact) mass is 212 g/mol. The summed E-state index contributed by atoms with van der Waals surface area (Å²) in [6.45, 7) is 0.584. The lowest BCUT2D eigenvalue weighted by Gasteiger charge is -1.97. The normalized spacial score (nSPS) is 10.0. The molecule has 0 saturated carbocycles. The van der Waals surface area contributed by atoms with E-state index in [0.717, 1.165) is 23.5 Å². The van der Waals surface area contributed by atoms with E-state index in [9.17, 15) is 0 Å². The van der Waals surface area contributed by atoms with E-state index in [2.05, 4.69) is 16.0 Å². The molecular weight excluding hydrogens is 200 g/mol. The van der Waals surface area contributed by atoms with Crippen molar-refractivity contribution in [2.75, 3.05) is 6.54 Å². The van der Waals surface area contributed by atoms with Crippen LogP contribution in [-0.2, 0) is 6.42 Å². The van der Waals surface area contributed by atoms with E-state index in [1.807, 2.05) is 12.1 Å². The summed E-state index contributed by atoms with van der Waals surface area (Å²) in [5, 5.41) is 8.69. The van der Waals surface area contributed by atoms with Crippen molar-refractivity contribution < 1.29 is 0 Å². The van der Waals surface area contributed by atoms with E-state index >= 15 is 0 Å². The third-order valence-corrected chi connectivity index (χ3v) is 2.33. The van der Waals surface area contributed by atoms with Gasteiger partial charge in [0, 0.05) is 6.42 Å². The van der Waals surface area contributed by atoms with Crippen molar-refractivity contribution >= 4 is 0 Å². The van der Waals surface area contributed by atoms with Crippen LogP contribution < -0.4 is 5.73 Å². The lowest BCUT2D eigenvalue weighted by molar-refractivity contribution is 0.895. The van der Waals surface area contributed by atoms with Crippen LogP contribution in [0.1, 0.15) is 11.4 Å². The molecular formula is C12H12N4. The van der Waals surface area contributed by atoms with Crippen LogP contribution in [0.2, 0.25) is 0 Å². The van der Waals surface area contributed by atoms with Crippen LogP contribution in [0.15, 0.2) is 30.5 Å². The van der Waals surface area contributed by atoms with E-state index in [0.29, 0.717) is 12.1 Å². The minimum Gasteiger partial charge on any atom is -0.342 e. The number of imidazole rings is 1. The van der Waals surface area contributed by atoms with Crippen LogP contribution in [-0.4, -0.2) is 16.5 Å². The van der Waals surface area contributed by atoms with Gasteiger partial charge < -0.3 is 10.7 Å². The predicted molar refractivity (Wildman–Crippen MR) is 61.5 cm³/mol. The van der Waals surface area contributed by atoms with Crippen LogP contribution in [0.25, 0.3) is 11.3 Å². The molecule has 1 aromatic heterocycles. The quantitative estimate of drug-likeness (QED) is 0.808. The summed E-state index contributed by atoms with van der Waals surface area (Å²) in [5.41, 5.74) is 8.08. The molecule has 80 valence electrons. The number of hydrogen-bond acceptors (Lipinski definition) is 3. The van der Waals surface area contributed by atoms with Gasteiger partial charge in [-0.15, -0.1) is 0 Å². The lowest BCUT2D eigenvalue weighted by Crippen LogP contribution is -2.03. The zero-order valence-corrected chi connectivity index (χ0v) is 8.77. The molecule has 0 bridgehead atoms. The molecule has 0 unspecified atom stereocenters. The van der Waals surface area contributed by atoms with Gasteiger partial charge in [-0.1, -0.05) is 12.1 Å². The molecule has 2 rings (SSSR count). The zero-order valence-electron chi connectivity index (χ0n) is 8.77. The van der Waals surface area contributed by atoms with Gasteiger partial charge >= 0.3 is 0 Å². The lowest BCUT2D eigenvalue weighted by atomic mass is 10.1. The fraction of sp³-hybridized carbons (Fsp3) is 0.167. The van der Waals surface area contributed by atoms with Gasteiger partial charge in [0.05, 0.1) is 23.5 Å². The largest absolute Gasteiger partial charge is 0.342 e. The van der Waals surface area contributed by atoms with Crippen LogP contribution >= 0.6 is 0 Å². The Morgan fingerprint density at radius 1 is 1.31 bits per heavy atom. The maximum absolute atomic E-state index is 8.69. The van der Waals surface area contributed by atoms with Crippen molar-refractivity contribution in [1.29, 1.82) is 5.26 Å². The van der Waals surface area contributed by atoms with E-state index in [1.165, 1.54) is 0 Å². The van der Waals surface area contributed by atoms with E-state index in [1.54, 1.807) is 18.3 Å². The molecule has 0 aliphatic heterocycles. The molecule has 4 heteroatoms. The Kier molecular flexibility index (Phi) is 2.99. The second-order valence-corrected chi connectivity index (χ2v) is 3.47. The SMILES string of the molecule is N#Cc1ccc(-c2cnc(CCN)[nH]2)cc1. The highest BCUT2D eigenvalue weighted by Crippen LogP contribution is 2.17. The summed E-state index contributed by atoms with van der Waals surface area (Å²) in [6.07, 6.45) is 2.53. The van der Waals surface area contributed by atoms with Crippen molar-refractivity contribution in [3.63, 3.8) is 0 Å².